The van der Waals surface area contributed by atoms with E-state index in [-0.39, 0.29) is 22.6 Å². The normalized spacial score (nSPS) is 10.5. The van der Waals surface area contributed by atoms with Crippen LogP contribution < -0.4 is 0 Å². The van der Waals surface area contributed by atoms with Crippen molar-refractivity contribution in [2.24, 2.45) is 0 Å². The van der Waals surface area contributed by atoms with Gasteiger partial charge in [-0.15, -0.1) is 0 Å². The van der Waals surface area contributed by atoms with E-state index >= 15 is 0 Å². The van der Waals surface area contributed by atoms with Crippen molar-refractivity contribution < 1.29 is 9.72 Å². The van der Waals surface area contributed by atoms with Crippen LogP contribution in [0.3, 0.4) is 0 Å². The van der Waals surface area contributed by atoms with Crippen LogP contribution in [0.1, 0.15) is 22.8 Å². The molecule has 1 aromatic heterocycles. The highest BCUT2D eigenvalue weighted by Gasteiger charge is 2.20. The Morgan fingerprint density at radius 1 is 1.40 bits per heavy atom. The van der Waals surface area contributed by atoms with Gasteiger partial charge >= 0.3 is 5.82 Å². The van der Waals surface area contributed by atoms with Crippen LogP contribution in [-0.4, -0.2) is 20.5 Å². The smallest absolute Gasteiger partial charge is 0.358 e. The zero-order valence-corrected chi connectivity index (χ0v) is 12.3. The highest BCUT2D eigenvalue weighted by Crippen LogP contribution is 2.22. The number of carbonyl (C=O) groups excluding carboxylic acids is 1. The molecule has 0 saturated carbocycles. The molecule has 0 fully saturated rings. The lowest BCUT2D eigenvalue weighted by Crippen LogP contribution is -2.11. The van der Waals surface area contributed by atoms with Crippen LogP contribution in [0.15, 0.2) is 34.9 Å². The summed E-state index contributed by atoms with van der Waals surface area (Å²) in [5.74, 6) is -0.434. The van der Waals surface area contributed by atoms with Gasteiger partial charge in [0.25, 0.3) is 0 Å². The second-order valence-corrected chi connectivity index (χ2v) is 5.08. The lowest BCUT2D eigenvalue weighted by atomic mass is 10.1. The Morgan fingerprint density at radius 3 is 2.55 bits per heavy atom. The molecule has 0 spiro atoms. The molecule has 0 radical (unpaired) electrons. The van der Waals surface area contributed by atoms with Crippen molar-refractivity contribution in [1.29, 1.82) is 0 Å². The fourth-order valence-electron chi connectivity index (χ4n) is 1.76. The average Bonchev–Trinajstić information content (AvgIpc) is 2.79. The van der Waals surface area contributed by atoms with E-state index in [0.29, 0.717) is 5.56 Å². The molecule has 0 N–H and O–H groups in total. The minimum absolute atomic E-state index is 0.0298. The van der Waals surface area contributed by atoms with Crippen molar-refractivity contribution in [3.8, 4) is 0 Å². The Hall–Kier alpha value is -2.02. The fraction of sp³-hybridized carbons (Fsp3) is 0.231. The molecular formula is C13H12BrN3O3. The molecular weight excluding hydrogens is 326 g/mol. The molecule has 0 atom stereocenters. The van der Waals surface area contributed by atoms with E-state index in [0.717, 1.165) is 12.0 Å². The van der Waals surface area contributed by atoms with Crippen LogP contribution in [0.25, 0.3) is 0 Å². The second kappa shape index (κ2) is 5.96. The van der Waals surface area contributed by atoms with Crippen molar-refractivity contribution >= 4 is 27.5 Å². The van der Waals surface area contributed by atoms with Crippen molar-refractivity contribution in [2.75, 3.05) is 0 Å². The highest BCUT2D eigenvalue weighted by atomic mass is 79.9. The van der Waals surface area contributed by atoms with Gasteiger partial charge in [0.15, 0.2) is 5.78 Å². The van der Waals surface area contributed by atoms with E-state index in [4.69, 9.17) is 0 Å². The molecule has 0 aliphatic rings. The lowest BCUT2D eigenvalue weighted by molar-refractivity contribution is -0.390. The maximum Gasteiger partial charge on any atom is 0.404 e. The number of nitro groups is 1. The lowest BCUT2D eigenvalue weighted by Gasteiger charge is -2.00. The standard InChI is InChI=1S/C13H12BrN3O3/c1-2-9-3-5-10(6-4-9)12(18)8-16-7-11(14)13(15-16)17(19)20/h3-7H,2,8H2,1H3. The third-order valence-corrected chi connectivity index (χ3v) is 3.42. The first-order valence-corrected chi connectivity index (χ1v) is 6.80. The molecule has 0 bridgehead atoms. The van der Waals surface area contributed by atoms with Gasteiger partial charge in [0, 0.05) is 5.56 Å². The summed E-state index contributed by atoms with van der Waals surface area (Å²) < 4.78 is 1.52. The van der Waals surface area contributed by atoms with Crippen LogP contribution in [0.4, 0.5) is 5.82 Å². The van der Waals surface area contributed by atoms with Gasteiger partial charge in [0.2, 0.25) is 0 Å². The molecule has 0 unspecified atom stereocenters. The third-order valence-electron chi connectivity index (χ3n) is 2.86. The summed E-state index contributed by atoms with van der Waals surface area (Å²) in [5, 5.41) is 14.4. The number of nitrogens with zero attached hydrogens (tertiary/aromatic N) is 3. The number of benzene rings is 1. The molecule has 1 heterocycles. The first-order chi connectivity index (χ1) is 9.51. The van der Waals surface area contributed by atoms with Gasteiger partial charge in [-0.3, -0.25) is 4.79 Å². The van der Waals surface area contributed by atoms with Gasteiger partial charge in [-0.05, 0) is 32.8 Å². The summed E-state index contributed by atoms with van der Waals surface area (Å²) in [6.07, 6.45) is 2.34. The van der Waals surface area contributed by atoms with E-state index in [2.05, 4.69) is 21.0 Å². The number of aromatic nitrogens is 2. The summed E-state index contributed by atoms with van der Waals surface area (Å²) in [6.45, 7) is 2.01. The molecule has 0 aliphatic heterocycles. The zero-order valence-electron chi connectivity index (χ0n) is 10.7. The molecule has 0 amide bonds. The van der Waals surface area contributed by atoms with E-state index in [1.165, 1.54) is 10.9 Å². The number of hydrogen-bond acceptors (Lipinski definition) is 4. The van der Waals surface area contributed by atoms with Gasteiger partial charge < -0.3 is 10.1 Å². The van der Waals surface area contributed by atoms with Gasteiger partial charge in [-0.1, -0.05) is 31.2 Å². The van der Waals surface area contributed by atoms with E-state index in [1.54, 1.807) is 12.1 Å². The first kappa shape index (κ1) is 14.4. The van der Waals surface area contributed by atoms with E-state index in [1.807, 2.05) is 19.1 Å². The molecule has 7 heteroatoms. The van der Waals surface area contributed by atoms with Crippen LogP contribution in [-0.2, 0) is 13.0 Å². The Labute approximate surface area is 123 Å². The molecule has 6 nitrogen and oxygen atoms in total. The number of ketones is 1. The topological polar surface area (TPSA) is 78.0 Å². The van der Waals surface area contributed by atoms with Gasteiger partial charge in [0.05, 0.1) is 11.3 Å². The number of aryl methyl sites for hydroxylation is 1. The van der Waals surface area contributed by atoms with Gasteiger partial charge in [-0.2, -0.15) is 4.68 Å². The van der Waals surface area contributed by atoms with Crippen LogP contribution in [0, 0.1) is 10.1 Å². The number of hydrogen-bond donors (Lipinski definition) is 0. The van der Waals surface area contributed by atoms with E-state index in [9.17, 15) is 14.9 Å². The van der Waals surface area contributed by atoms with Crippen molar-refractivity contribution in [1.82, 2.24) is 9.78 Å². The van der Waals surface area contributed by atoms with Crippen molar-refractivity contribution in [3.63, 3.8) is 0 Å². The summed E-state index contributed by atoms with van der Waals surface area (Å²) >= 11 is 3.05. The Kier molecular flexibility index (Phi) is 4.29. The minimum atomic E-state index is -0.596. The molecule has 0 aliphatic carbocycles. The number of halogens is 1. The fourth-order valence-corrected chi connectivity index (χ4v) is 2.22. The maximum atomic E-state index is 12.1. The summed E-state index contributed by atoms with van der Waals surface area (Å²) in [6, 6.07) is 7.31. The predicted octanol–water partition coefficient (Wildman–Crippen LogP) is 3.00. The molecule has 2 rings (SSSR count). The largest absolute Gasteiger partial charge is 0.404 e. The average molecular weight is 338 g/mol. The predicted molar refractivity (Wildman–Crippen MR) is 76.7 cm³/mol. The van der Waals surface area contributed by atoms with Gasteiger partial charge in [-0.25, -0.2) is 0 Å². The number of Topliss-reactive ketones (excluding diaryl/α,β-unsaturated/α-hetero) is 1. The van der Waals surface area contributed by atoms with Crippen molar-refractivity contribution in [3.05, 3.63) is 56.2 Å². The minimum Gasteiger partial charge on any atom is -0.358 e. The molecule has 20 heavy (non-hydrogen) atoms. The summed E-state index contributed by atoms with van der Waals surface area (Å²) in [7, 11) is 0. The van der Waals surface area contributed by atoms with Crippen LogP contribution in [0.5, 0.6) is 0 Å². The highest BCUT2D eigenvalue weighted by molar-refractivity contribution is 9.10. The quantitative estimate of drug-likeness (QED) is 0.477. The van der Waals surface area contributed by atoms with Crippen molar-refractivity contribution in [2.45, 2.75) is 19.9 Å². The maximum absolute atomic E-state index is 12.1. The Morgan fingerprint density at radius 2 is 2.05 bits per heavy atom. The first-order valence-electron chi connectivity index (χ1n) is 6.00. The van der Waals surface area contributed by atoms with Gasteiger partial charge in [0.1, 0.15) is 11.0 Å². The SMILES string of the molecule is CCc1ccc(C(=O)Cn2cc(Br)c([N+](=O)[O-])n2)cc1. The molecule has 0 saturated heterocycles. The summed E-state index contributed by atoms with van der Waals surface area (Å²) in [5.41, 5.74) is 1.72. The molecule has 1 aromatic carbocycles. The Bertz CT molecular complexity index is 649. The molecule has 2 aromatic rings. The third kappa shape index (κ3) is 3.11. The van der Waals surface area contributed by atoms with Crippen LogP contribution >= 0.6 is 15.9 Å². The number of carbonyl (C=O) groups is 1. The molecule has 104 valence electrons. The summed E-state index contributed by atoms with van der Waals surface area (Å²) in [4.78, 5) is 22.1. The number of rotatable bonds is 5. The zero-order chi connectivity index (χ0) is 14.7. The van der Waals surface area contributed by atoms with E-state index < -0.39 is 4.92 Å². The van der Waals surface area contributed by atoms with Crippen LogP contribution in [0.2, 0.25) is 0 Å². The monoisotopic (exact) mass is 337 g/mol. The Balaban J connectivity index is 2.14. The second-order valence-electron chi connectivity index (χ2n) is 4.23.